The van der Waals surface area contributed by atoms with E-state index in [0.717, 1.165) is 5.56 Å². The van der Waals surface area contributed by atoms with E-state index in [0.29, 0.717) is 61.2 Å². The zero-order valence-electron chi connectivity index (χ0n) is 16.9. The average Bonchev–Trinajstić information content (AvgIpc) is 3.46. The van der Waals surface area contributed by atoms with Gasteiger partial charge in [0.2, 0.25) is 0 Å². The number of nitrogens with zero attached hydrogens (tertiary/aromatic N) is 4. The predicted molar refractivity (Wildman–Crippen MR) is 114 cm³/mol. The molecule has 0 spiro atoms. The van der Waals surface area contributed by atoms with Gasteiger partial charge < -0.3 is 23.5 Å². The Balaban J connectivity index is 1.35. The predicted octanol–water partition coefficient (Wildman–Crippen LogP) is 2.88. The summed E-state index contributed by atoms with van der Waals surface area (Å²) in [6, 6.07) is 10.4. The highest BCUT2D eigenvalue weighted by molar-refractivity contribution is 9.10. The van der Waals surface area contributed by atoms with Gasteiger partial charge >= 0.3 is 0 Å². The Labute approximate surface area is 187 Å². The molecule has 0 N–H and O–H groups in total. The van der Waals surface area contributed by atoms with Crippen molar-refractivity contribution in [2.24, 2.45) is 0 Å². The molecule has 31 heavy (non-hydrogen) atoms. The molecule has 0 bridgehead atoms. The molecular weight excluding hydrogens is 468 g/mol. The number of ether oxygens (including phenoxy) is 1. The first kappa shape index (κ1) is 21.3. The molecule has 0 radical (unpaired) electrons. The van der Waals surface area contributed by atoms with Crippen LogP contribution in [0.3, 0.4) is 0 Å². The van der Waals surface area contributed by atoms with E-state index >= 15 is 0 Å². The minimum atomic E-state index is -0.227. The van der Waals surface area contributed by atoms with Crippen LogP contribution in [0.5, 0.6) is 0 Å². The van der Waals surface area contributed by atoms with E-state index in [2.05, 4.69) is 26.1 Å². The second-order valence-corrected chi connectivity index (χ2v) is 7.86. The molecule has 0 aliphatic carbocycles. The first-order valence-electron chi connectivity index (χ1n) is 9.82. The third kappa shape index (κ3) is 5.02. The molecule has 1 aromatic carbocycles. The molecule has 10 heteroatoms. The Hall–Kier alpha value is -2.98. The van der Waals surface area contributed by atoms with E-state index in [4.69, 9.17) is 13.7 Å². The molecule has 0 unspecified atom stereocenters. The largest absolute Gasteiger partial charge is 0.444 e. The molecule has 1 aliphatic heterocycles. The van der Waals surface area contributed by atoms with Gasteiger partial charge in [0.1, 0.15) is 0 Å². The fraction of sp³-hybridized carbons (Fsp3) is 0.333. The summed E-state index contributed by atoms with van der Waals surface area (Å²) in [6.45, 7) is 2.73. The van der Waals surface area contributed by atoms with Gasteiger partial charge in [-0.1, -0.05) is 5.16 Å². The van der Waals surface area contributed by atoms with Crippen molar-refractivity contribution in [2.45, 2.75) is 6.42 Å². The molecule has 1 aliphatic rings. The number of hydrogen-bond donors (Lipinski definition) is 0. The lowest BCUT2D eigenvalue weighted by molar-refractivity contribution is 0.0303. The van der Waals surface area contributed by atoms with Crippen molar-refractivity contribution in [3.8, 4) is 11.5 Å². The number of carbonyl (C=O) groups excluding carboxylic acids is 2. The summed E-state index contributed by atoms with van der Waals surface area (Å²) < 4.78 is 16.4. The van der Waals surface area contributed by atoms with Gasteiger partial charge in [0.25, 0.3) is 17.7 Å². The Morgan fingerprint density at radius 1 is 1.13 bits per heavy atom. The first-order valence-corrected chi connectivity index (χ1v) is 10.6. The highest BCUT2D eigenvalue weighted by Crippen LogP contribution is 2.19. The third-order valence-corrected chi connectivity index (χ3v) is 5.37. The van der Waals surface area contributed by atoms with Gasteiger partial charge in [-0.05, 0) is 52.3 Å². The van der Waals surface area contributed by atoms with Crippen molar-refractivity contribution in [2.75, 3.05) is 39.9 Å². The van der Waals surface area contributed by atoms with Crippen molar-refractivity contribution >= 4 is 27.7 Å². The van der Waals surface area contributed by atoms with Gasteiger partial charge in [0.15, 0.2) is 16.3 Å². The number of rotatable bonds is 6. The first-order chi connectivity index (χ1) is 15.0. The molecular formula is C21H21BrN4O5. The second kappa shape index (κ2) is 9.44. The summed E-state index contributed by atoms with van der Waals surface area (Å²) in [5.41, 5.74) is 1.33. The topological polar surface area (TPSA) is 102 Å². The summed E-state index contributed by atoms with van der Waals surface area (Å²) in [5.74, 6) is 0.871. The van der Waals surface area contributed by atoms with Crippen molar-refractivity contribution < 1.29 is 23.3 Å². The summed E-state index contributed by atoms with van der Waals surface area (Å²) in [5, 5.41) is 3.99. The molecule has 1 saturated heterocycles. The van der Waals surface area contributed by atoms with Crippen LogP contribution < -0.4 is 0 Å². The number of benzene rings is 1. The zero-order chi connectivity index (χ0) is 21.8. The lowest BCUT2D eigenvalue weighted by Gasteiger charge is -2.26. The van der Waals surface area contributed by atoms with E-state index in [9.17, 15) is 9.59 Å². The average molecular weight is 489 g/mol. The molecule has 2 aromatic heterocycles. The van der Waals surface area contributed by atoms with Crippen molar-refractivity contribution in [1.82, 2.24) is 19.9 Å². The third-order valence-electron chi connectivity index (χ3n) is 4.95. The van der Waals surface area contributed by atoms with Gasteiger partial charge in [-0.2, -0.15) is 4.98 Å². The number of furan rings is 1. The van der Waals surface area contributed by atoms with Crippen LogP contribution in [0.15, 0.2) is 50.0 Å². The molecule has 2 amide bonds. The number of likely N-dealkylation sites (N-methyl/N-ethyl adjacent to an activating group) is 1. The van der Waals surface area contributed by atoms with Gasteiger partial charge in [-0.3, -0.25) is 9.59 Å². The minimum absolute atomic E-state index is 0.0163. The Kier molecular flexibility index (Phi) is 6.47. The standard InChI is InChI=1S/C21H21BrN4O5/c1-25(21(28)16-6-7-17(22)30-16)9-8-18-23-19(31-24-18)14-2-4-15(5-3-14)20(27)26-10-12-29-13-11-26/h2-7H,8-13H2,1H3. The molecule has 0 atom stereocenters. The fourth-order valence-corrected chi connectivity index (χ4v) is 3.47. The summed E-state index contributed by atoms with van der Waals surface area (Å²) >= 11 is 3.19. The normalized spacial score (nSPS) is 13.9. The second-order valence-electron chi connectivity index (χ2n) is 7.08. The van der Waals surface area contributed by atoms with Crippen molar-refractivity contribution in [3.63, 3.8) is 0 Å². The molecule has 4 rings (SSSR count). The number of morpholine rings is 1. The van der Waals surface area contributed by atoms with Crippen LogP contribution >= 0.6 is 15.9 Å². The number of hydrogen-bond acceptors (Lipinski definition) is 7. The maximum atomic E-state index is 12.5. The molecule has 1 fully saturated rings. The van der Waals surface area contributed by atoms with Crippen LogP contribution in [-0.4, -0.2) is 71.7 Å². The zero-order valence-corrected chi connectivity index (χ0v) is 18.5. The number of aromatic nitrogens is 2. The monoisotopic (exact) mass is 488 g/mol. The van der Waals surface area contributed by atoms with Crippen molar-refractivity contribution in [3.05, 3.63) is 58.2 Å². The number of amides is 2. The van der Waals surface area contributed by atoms with Crippen LogP contribution in [0.1, 0.15) is 26.7 Å². The van der Waals surface area contributed by atoms with Gasteiger partial charge in [0, 0.05) is 44.2 Å². The summed E-state index contributed by atoms with van der Waals surface area (Å²) in [6.07, 6.45) is 0.432. The highest BCUT2D eigenvalue weighted by Gasteiger charge is 2.19. The maximum Gasteiger partial charge on any atom is 0.289 e. The van der Waals surface area contributed by atoms with E-state index in [1.165, 1.54) is 4.90 Å². The molecule has 162 valence electrons. The van der Waals surface area contributed by atoms with Gasteiger partial charge in [-0.25, -0.2) is 0 Å². The SMILES string of the molecule is CN(CCc1noc(-c2ccc(C(=O)N3CCOCC3)cc2)n1)C(=O)c1ccc(Br)o1. The maximum absolute atomic E-state index is 12.5. The molecule has 3 heterocycles. The fourth-order valence-electron chi connectivity index (χ4n) is 3.16. The molecule has 9 nitrogen and oxygen atoms in total. The minimum Gasteiger partial charge on any atom is -0.444 e. The van der Waals surface area contributed by atoms with Crippen LogP contribution in [-0.2, 0) is 11.2 Å². The van der Waals surface area contributed by atoms with Crippen LogP contribution in [0.4, 0.5) is 0 Å². The van der Waals surface area contributed by atoms with Crippen LogP contribution in [0, 0.1) is 0 Å². The van der Waals surface area contributed by atoms with Gasteiger partial charge in [0.05, 0.1) is 13.2 Å². The quantitative estimate of drug-likeness (QED) is 0.525. The van der Waals surface area contributed by atoms with E-state index < -0.39 is 0 Å². The Bertz CT molecular complexity index is 1060. The highest BCUT2D eigenvalue weighted by atomic mass is 79.9. The summed E-state index contributed by atoms with van der Waals surface area (Å²) in [4.78, 5) is 32.6. The van der Waals surface area contributed by atoms with E-state index in [1.54, 1.807) is 48.3 Å². The molecule has 3 aromatic rings. The Morgan fingerprint density at radius 3 is 2.55 bits per heavy atom. The van der Waals surface area contributed by atoms with Gasteiger partial charge in [-0.15, -0.1) is 0 Å². The number of carbonyl (C=O) groups is 2. The lowest BCUT2D eigenvalue weighted by atomic mass is 10.1. The smallest absolute Gasteiger partial charge is 0.289 e. The van der Waals surface area contributed by atoms with E-state index in [1.807, 2.05) is 0 Å². The van der Waals surface area contributed by atoms with Crippen molar-refractivity contribution in [1.29, 1.82) is 0 Å². The van der Waals surface area contributed by atoms with Crippen LogP contribution in [0.2, 0.25) is 0 Å². The van der Waals surface area contributed by atoms with Crippen LogP contribution in [0.25, 0.3) is 11.5 Å². The number of halogens is 1. The lowest BCUT2D eigenvalue weighted by Crippen LogP contribution is -2.40. The summed E-state index contributed by atoms with van der Waals surface area (Å²) in [7, 11) is 1.68. The van der Waals surface area contributed by atoms with E-state index in [-0.39, 0.29) is 17.6 Å². The molecule has 0 saturated carbocycles. The Morgan fingerprint density at radius 2 is 1.87 bits per heavy atom.